The minimum atomic E-state index is -0.496. The Morgan fingerprint density at radius 2 is 0.983 bits per heavy atom. The van der Waals surface area contributed by atoms with E-state index in [4.69, 9.17) is 19.7 Å². The van der Waals surface area contributed by atoms with Crippen LogP contribution in [0.4, 0.5) is 0 Å². The first kappa shape index (κ1) is 32.7. The fourth-order valence-corrected chi connectivity index (χ4v) is 12.5. The van der Waals surface area contributed by atoms with Crippen LogP contribution in [0.1, 0.15) is 66.6 Å². The molecular weight excluding hydrogens is 707 g/mol. The van der Waals surface area contributed by atoms with Crippen molar-refractivity contribution in [3.05, 3.63) is 186 Å². The van der Waals surface area contributed by atoms with Crippen LogP contribution in [0.3, 0.4) is 0 Å². The van der Waals surface area contributed by atoms with Crippen LogP contribution in [0, 0.1) is 17.8 Å². The molecule has 1 aliphatic heterocycles. The standard InChI is InChI=1S/C54H41N3O/c1-2-12-40-37(10-1)11-9-14-43(40)51-55-50(56-52(57-51)53-30-33-26-34(31-53)28-35(27-33)32-53)38-22-20-36(21-23-38)39-24-25-42-41-13-3-4-15-44(41)54(47(42)29-39)45-16-5-7-18-48(45)58-49-19-8-6-17-46(49)54/h1-25,29,33-35H,26-28,30-32H2. The zero-order chi connectivity index (χ0) is 38.0. The van der Waals surface area contributed by atoms with Gasteiger partial charge in [0.1, 0.15) is 17.3 Å². The van der Waals surface area contributed by atoms with Crippen molar-refractivity contribution in [1.82, 2.24) is 15.0 Å². The van der Waals surface area contributed by atoms with Gasteiger partial charge in [-0.1, -0.05) is 140 Å². The second kappa shape index (κ2) is 12.1. The van der Waals surface area contributed by atoms with Crippen molar-refractivity contribution in [2.75, 3.05) is 0 Å². The number of rotatable bonds is 4. The molecule has 6 aliphatic rings. The molecule has 4 saturated carbocycles. The van der Waals surface area contributed by atoms with E-state index < -0.39 is 5.41 Å². The van der Waals surface area contributed by atoms with Gasteiger partial charge in [-0.2, -0.15) is 0 Å². The molecule has 1 spiro atoms. The van der Waals surface area contributed by atoms with E-state index in [1.54, 1.807) is 0 Å². The van der Waals surface area contributed by atoms with Crippen molar-refractivity contribution in [2.24, 2.45) is 17.8 Å². The largest absolute Gasteiger partial charge is 0.457 e. The van der Waals surface area contributed by atoms with Crippen LogP contribution >= 0.6 is 0 Å². The summed E-state index contributed by atoms with van der Waals surface area (Å²) >= 11 is 0. The Hall–Kier alpha value is -6.39. The van der Waals surface area contributed by atoms with E-state index in [1.807, 2.05) is 0 Å². The number of para-hydroxylation sites is 2. The Kier molecular flexibility index (Phi) is 6.80. The van der Waals surface area contributed by atoms with Gasteiger partial charge in [-0.15, -0.1) is 0 Å². The molecule has 0 atom stereocenters. The van der Waals surface area contributed by atoms with E-state index in [-0.39, 0.29) is 5.41 Å². The van der Waals surface area contributed by atoms with E-state index in [9.17, 15) is 0 Å². The molecule has 0 saturated heterocycles. The average Bonchev–Trinajstić information content (AvgIpc) is 3.55. The highest BCUT2D eigenvalue weighted by Gasteiger charge is 2.54. The van der Waals surface area contributed by atoms with Crippen LogP contribution in [0.25, 0.3) is 55.8 Å². The fraction of sp³-hybridized carbons (Fsp3) is 0.204. The van der Waals surface area contributed by atoms with Crippen molar-refractivity contribution < 1.29 is 4.74 Å². The summed E-state index contributed by atoms with van der Waals surface area (Å²) in [5.41, 5.74) is 11.5. The highest BCUT2D eigenvalue weighted by Crippen LogP contribution is 2.63. The molecule has 8 aromatic rings. The summed E-state index contributed by atoms with van der Waals surface area (Å²) < 4.78 is 6.58. The summed E-state index contributed by atoms with van der Waals surface area (Å²) in [7, 11) is 0. The van der Waals surface area contributed by atoms with Crippen LogP contribution in [0.15, 0.2) is 158 Å². The van der Waals surface area contributed by atoms with Gasteiger partial charge >= 0.3 is 0 Å². The van der Waals surface area contributed by atoms with E-state index >= 15 is 0 Å². The van der Waals surface area contributed by atoms with E-state index in [1.165, 1.54) is 88.2 Å². The first-order valence-corrected chi connectivity index (χ1v) is 21.1. The van der Waals surface area contributed by atoms with Gasteiger partial charge in [0.25, 0.3) is 0 Å². The van der Waals surface area contributed by atoms with Crippen molar-refractivity contribution in [3.8, 4) is 56.5 Å². The first-order chi connectivity index (χ1) is 28.6. The quantitative estimate of drug-likeness (QED) is 0.180. The van der Waals surface area contributed by atoms with Crippen molar-refractivity contribution in [1.29, 1.82) is 0 Å². The van der Waals surface area contributed by atoms with Gasteiger partial charge in [-0.3, -0.25) is 0 Å². The molecule has 0 unspecified atom stereocenters. The van der Waals surface area contributed by atoms with Gasteiger partial charge in [-0.05, 0) is 119 Å². The topological polar surface area (TPSA) is 47.9 Å². The van der Waals surface area contributed by atoms with Gasteiger partial charge in [0.2, 0.25) is 0 Å². The van der Waals surface area contributed by atoms with Crippen LogP contribution < -0.4 is 4.74 Å². The van der Waals surface area contributed by atoms with Gasteiger partial charge in [0, 0.05) is 27.7 Å². The highest BCUT2D eigenvalue weighted by molar-refractivity contribution is 5.95. The Morgan fingerprint density at radius 1 is 0.431 bits per heavy atom. The Bertz CT molecular complexity index is 2900. The van der Waals surface area contributed by atoms with Crippen molar-refractivity contribution in [2.45, 2.75) is 49.4 Å². The van der Waals surface area contributed by atoms with Gasteiger partial charge < -0.3 is 4.74 Å². The zero-order valence-corrected chi connectivity index (χ0v) is 32.2. The Labute approximate surface area is 338 Å². The summed E-state index contributed by atoms with van der Waals surface area (Å²) in [6.45, 7) is 0. The molecule has 4 fully saturated rings. The minimum absolute atomic E-state index is 0.0467. The third kappa shape index (κ3) is 4.60. The number of aromatic nitrogens is 3. The summed E-state index contributed by atoms with van der Waals surface area (Å²) in [4.78, 5) is 16.2. The fourth-order valence-electron chi connectivity index (χ4n) is 12.5. The second-order valence-electron chi connectivity index (χ2n) is 17.8. The molecule has 5 aliphatic carbocycles. The lowest BCUT2D eigenvalue weighted by Crippen LogP contribution is -2.49. The van der Waals surface area contributed by atoms with Crippen molar-refractivity contribution >= 4 is 10.8 Å². The lowest BCUT2D eigenvalue weighted by molar-refractivity contribution is -0.00938. The molecular formula is C54H41N3O. The molecule has 0 radical (unpaired) electrons. The van der Waals surface area contributed by atoms with Gasteiger partial charge in [0.15, 0.2) is 11.6 Å². The van der Waals surface area contributed by atoms with Crippen LogP contribution in [-0.4, -0.2) is 15.0 Å². The lowest BCUT2D eigenvalue weighted by atomic mass is 9.49. The maximum absolute atomic E-state index is 6.58. The zero-order valence-electron chi connectivity index (χ0n) is 32.2. The second-order valence-corrected chi connectivity index (χ2v) is 17.8. The molecule has 278 valence electrons. The van der Waals surface area contributed by atoms with E-state index in [0.717, 1.165) is 63.4 Å². The molecule has 0 N–H and O–H groups in total. The molecule has 7 aromatic carbocycles. The third-order valence-corrected chi connectivity index (χ3v) is 14.5. The third-order valence-electron chi connectivity index (χ3n) is 14.5. The average molecular weight is 748 g/mol. The number of benzene rings is 7. The molecule has 4 bridgehead atoms. The van der Waals surface area contributed by atoms with E-state index in [2.05, 4.69) is 158 Å². The van der Waals surface area contributed by atoms with E-state index in [0.29, 0.717) is 0 Å². The highest BCUT2D eigenvalue weighted by atomic mass is 16.5. The SMILES string of the molecule is c1ccc2c(c1)Oc1ccccc1C21c2ccccc2-c2ccc(-c3ccc(-c4nc(-c5cccc6ccccc56)nc(C56CC7CC(CC(C7)C5)C6)n4)cc3)cc21. The van der Waals surface area contributed by atoms with Crippen LogP contribution in [0.2, 0.25) is 0 Å². The molecule has 1 aromatic heterocycles. The van der Waals surface area contributed by atoms with Crippen LogP contribution in [-0.2, 0) is 10.8 Å². The summed E-state index contributed by atoms with van der Waals surface area (Å²) in [6, 6.07) is 57.1. The van der Waals surface area contributed by atoms with Crippen molar-refractivity contribution in [3.63, 3.8) is 0 Å². The number of fused-ring (bicyclic) bond motifs is 10. The molecule has 58 heavy (non-hydrogen) atoms. The number of hydrogen-bond donors (Lipinski definition) is 0. The molecule has 4 heteroatoms. The molecule has 14 rings (SSSR count). The summed E-state index contributed by atoms with van der Waals surface area (Å²) in [5, 5.41) is 2.38. The number of nitrogens with zero attached hydrogens (tertiary/aromatic N) is 3. The summed E-state index contributed by atoms with van der Waals surface area (Å²) in [6.07, 6.45) is 7.79. The van der Waals surface area contributed by atoms with Gasteiger partial charge in [-0.25, -0.2) is 15.0 Å². The molecule has 2 heterocycles. The normalized spacial score (nSPS) is 22.6. The Balaban J connectivity index is 0.948. The maximum atomic E-state index is 6.58. The predicted octanol–water partition coefficient (Wildman–Crippen LogP) is 13.0. The molecule has 4 nitrogen and oxygen atoms in total. The van der Waals surface area contributed by atoms with Crippen LogP contribution in [0.5, 0.6) is 11.5 Å². The lowest BCUT2D eigenvalue weighted by Gasteiger charge is -2.56. The minimum Gasteiger partial charge on any atom is -0.457 e. The monoisotopic (exact) mass is 747 g/mol. The molecule has 0 amide bonds. The number of hydrogen-bond acceptors (Lipinski definition) is 4. The smallest absolute Gasteiger partial charge is 0.164 e. The predicted molar refractivity (Wildman–Crippen MR) is 231 cm³/mol. The Morgan fingerprint density at radius 3 is 1.72 bits per heavy atom. The first-order valence-electron chi connectivity index (χ1n) is 21.1. The van der Waals surface area contributed by atoms with Gasteiger partial charge in [0.05, 0.1) is 5.41 Å². The number of ether oxygens (including phenoxy) is 1. The maximum Gasteiger partial charge on any atom is 0.164 e. The summed E-state index contributed by atoms with van der Waals surface area (Å²) in [5.74, 6) is 6.80.